The summed E-state index contributed by atoms with van der Waals surface area (Å²) in [5.41, 5.74) is 6.64. The van der Waals surface area contributed by atoms with Crippen LogP contribution in [0.15, 0.2) is 42.0 Å². The Morgan fingerprint density at radius 3 is 2.58 bits per heavy atom. The number of nitrogens with one attached hydrogen (secondary N) is 2. The van der Waals surface area contributed by atoms with E-state index >= 15 is 0 Å². The van der Waals surface area contributed by atoms with Crippen LogP contribution in [0.1, 0.15) is 52.7 Å². The van der Waals surface area contributed by atoms with Gasteiger partial charge in [0.1, 0.15) is 5.75 Å². The molecule has 2 aromatic rings. The number of hydrogen-bond donors (Lipinski definition) is 2. The second kappa shape index (κ2) is 10.1. The summed E-state index contributed by atoms with van der Waals surface area (Å²) in [6, 6.07) is 11.6. The van der Waals surface area contributed by atoms with Crippen molar-refractivity contribution in [1.29, 1.82) is 0 Å². The standard InChI is InChI=1S/C28H34N2O3/c1-19-26-15-22(17-29-16-20-10-12-32-13-11-20)14-24(26)6-9-27(19)30-28(31)23-4-7-25(8-5-23)33-18-21-2-3-21/h4-9,15,20-21,29H,2-3,10-14,16-18H2,1H3,(H,30,31). The largest absolute Gasteiger partial charge is 0.493 e. The van der Waals surface area contributed by atoms with Gasteiger partial charge in [0.2, 0.25) is 0 Å². The predicted octanol–water partition coefficient (Wildman–Crippen LogP) is 4.99. The van der Waals surface area contributed by atoms with Crippen molar-refractivity contribution in [2.24, 2.45) is 11.8 Å². The topological polar surface area (TPSA) is 59.6 Å². The summed E-state index contributed by atoms with van der Waals surface area (Å²) in [6.45, 7) is 6.64. The quantitative estimate of drug-likeness (QED) is 0.570. The highest BCUT2D eigenvalue weighted by atomic mass is 16.5. The van der Waals surface area contributed by atoms with E-state index in [-0.39, 0.29) is 5.91 Å². The molecule has 174 valence electrons. The van der Waals surface area contributed by atoms with Crippen LogP contribution >= 0.6 is 0 Å². The van der Waals surface area contributed by atoms with Crippen LogP contribution < -0.4 is 15.4 Å². The second-order valence-electron chi connectivity index (χ2n) is 9.71. The molecule has 5 heteroatoms. The van der Waals surface area contributed by atoms with Crippen molar-refractivity contribution in [1.82, 2.24) is 5.32 Å². The smallest absolute Gasteiger partial charge is 0.255 e. The molecular weight excluding hydrogens is 412 g/mol. The Hall–Kier alpha value is -2.63. The number of rotatable bonds is 9. The molecule has 2 aromatic carbocycles. The third kappa shape index (κ3) is 5.66. The molecule has 0 aromatic heterocycles. The Morgan fingerprint density at radius 2 is 1.82 bits per heavy atom. The lowest BCUT2D eigenvalue weighted by Crippen LogP contribution is -2.29. The molecule has 1 saturated carbocycles. The van der Waals surface area contributed by atoms with Crippen LogP contribution in [-0.2, 0) is 11.2 Å². The van der Waals surface area contributed by atoms with E-state index in [4.69, 9.17) is 9.47 Å². The monoisotopic (exact) mass is 446 g/mol. The molecular formula is C28H34N2O3. The van der Waals surface area contributed by atoms with Crippen LogP contribution in [0.2, 0.25) is 0 Å². The van der Waals surface area contributed by atoms with E-state index in [9.17, 15) is 4.79 Å². The van der Waals surface area contributed by atoms with Crippen LogP contribution in [0.4, 0.5) is 5.69 Å². The Kier molecular flexibility index (Phi) is 6.79. The molecule has 0 radical (unpaired) electrons. The summed E-state index contributed by atoms with van der Waals surface area (Å²) < 4.78 is 11.2. The van der Waals surface area contributed by atoms with Crippen molar-refractivity contribution in [3.63, 3.8) is 0 Å². The van der Waals surface area contributed by atoms with Gasteiger partial charge in [0.25, 0.3) is 5.91 Å². The Labute approximate surface area is 196 Å². The van der Waals surface area contributed by atoms with E-state index in [2.05, 4.69) is 29.7 Å². The highest BCUT2D eigenvalue weighted by Gasteiger charge is 2.22. The molecule has 2 aliphatic carbocycles. The Balaban J connectivity index is 1.17. The van der Waals surface area contributed by atoms with Gasteiger partial charge >= 0.3 is 0 Å². The molecule has 2 N–H and O–H groups in total. The molecule has 1 aliphatic heterocycles. The Bertz CT molecular complexity index is 1020. The van der Waals surface area contributed by atoms with Gasteiger partial charge in [-0.2, -0.15) is 0 Å². The zero-order chi connectivity index (χ0) is 22.6. The maximum Gasteiger partial charge on any atom is 0.255 e. The fourth-order valence-electron chi connectivity index (χ4n) is 4.67. The third-order valence-electron chi connectivity index (χ3n) is 7.04. The molecule has 1 saturated heterocycles. The number of carbonyl (C=O) groups excluding carboxylic acids is 1. The summed E-state index contributed by atoms with van der Waals surface area (Å²) in [5.74, 6) is 2.18. The van der Waals surface area contributed by atoms with Gasteiger partial charge < -0.3 is 20.1 Å². The average Bonchev–Trinajstić information content (AvgIpc) is 3.58. The van der Waals surface area contributed by atoms with Crippen molar-refractivity contribution in [3.05, 3.63) is 64.2 Å². The second-order valence-corrected chi connectivity index (χ2v) is 9.71. The van der Waals surface area contributed by atoms with E-state index in [0.717, 1.165) is 75.1 Å². The number of benzene rings is 2. The molecule has 33 heavy (non-hydrogen) atoms. The van der Waals surface area contributed by atoms with Crippen LogP contribution in [0.25, 0.3) is 6.08 Å². The number of anilines is 1. The van der Waals surface area contributed by atoms with Crippen molar-refractivity contribution >= 4 is 17.7 Å². The van der Waals surface area contributed by atoms with Crippen LogP contribution in [-0.4, -0.2) is 38.8 Å². The highest BCUT2D eigenvalue weighted by molar-refractivity contribution is 6.05. The summed E-state index contributed by atoms with van der Waals surface area (Å²) in [6.07, 6.45) is 8.13. The Morgan fingerprint density at radius 1 is 1.03 bits per heavy atom. The molecule has 5 rings (SSSR count). The minimum absolute atomic E-state index is 0.0906. The summed E-state index contributed by atoms with van der Waals surface area (Å²) >= 11 is 0. The zero-order valence-electron chi connectivity index (χ0n) is 19.5. The lowest BCUT2D eigenvalue weighted by atomic mass is 10.0. The third-order valence-corrected chi connectivity index (χ3v) is 7.04. The number of amides is 1. The molecule has 0 atom stereocenters. The van der Waals surface area contributed by atoms with Crippen molar-refractivity contribution < 1.29 is 14.3 Å². The van der Waals surface area contributed by atoms with E-state index < -0.39 is 0 Å². The van der Waals surface area contributed by atoms with Gasteiger partial charge in [-0.25, -0.2) is 0 Å². The van der Waals surface area contributed by atoms with E-state index in [1.165, 1.54) is 29.5 Å². The SMILES string of the molecule is Cc1c(NC(=O)c2ccc(OCC3CC3)cc2)ccc2c1C=C(CNCC1CCOCC1)C2. The van der Waals surface area contributed by atoms with Gasteiger partial charge in [0.05, 0.1) is 6.61 Å². The van der Waals surface area contributed by atoms with Crippen LogP contribution in [0.3, 0.4) is 0 Å². The first-order chi connectivity index (χ1) is 16.2. The van der Waals surface area contributed by atoms with Crippen LogP contribution in [0.5, 0.6) is 5.75 Å². The van der Waals surface area contributed by atoms with Gasteiger partial charge in [-0.15, -0.1) is 0 Å². The highest BCUT2D eigenvalue weighted by Crippen LogP contribution is 2.32. The number of fused-ring (bicyclic) bond motifs is 1. The minimum Gasteiger partial charge on any atom is -0.493 e. The van der Waals surface area contributed by atoms with Crippen molar-refractivity contribution in [2.45, 2.75) is 39.0 Å². The average molecular weight is 447 g/mol. The van der Waals surface area contributed by atoms with E-state index in [1.807, 2.05) is 30.3 Å². The fraction of sp³-hybridized carbons (Fsp3) is 0.464. The minimum atomic E-state index is -0.0906. The lowest BCUT2D eigenvalue weighted by Gasteiger charge is -2.22. The first-order valence-electron chi connectivity index (χ1n) is 12.3. The maximum atomic E-state index is 12.8. The molecule has 2 fully saturated rings. The van der Waals surface area contributed by atoms with Gasteiger partial charge in [-0.05, 0) is 104 Å². The van der Waals surface area contributed by atoms with Gasteiger partial charge in [0.15, 0.2) is 0 Å². The van der Waals surface area contributed by atoms with Gasteiger partial charge in [-0.3, -0.25) is 4.79 Å². The summed E-state index contributed by atoms with van der Waals surface area (Å²) in [4.78, 5) is 12.8. The number of carbonyl (C=O) groups is 1. The van der Waals surface area contributed by atoms with Gasteiger partial charge in [0, 0.05) is 31.0 Å². The molecule has 5 nitrogen and oxygen atoms in total. The molecule has 0 unspecified atom stereocenters. The van der Waals surface area contributed by atoms with Crippen molar-refractivity contribution in [2.75, 3.05) is 38.2 Å². The fourth-order valence-corrected chi connectivity index (χ4v) is 4.67. The molecule has 0 spiro atoms. The summed E-state index contributed by atoms with van der Waals surface area (Å²) in [7, 11) is 0. The summed E-state index contributed by atoms with van der Waals surface area (Å²) in [5, 5.41) is 6.74. The zero-order valence-corrected chi connectivity index (χ0v) is 19.5. The van der Waals surface area contributed by atoms with Gasteiger partial charge in [-0.1, -0.05) is 17.7 Å². The molecule has 1 heterocycles. The van der Waals surface area contributed by atoms with E-state index in [1.54, 1.807) is 0 Å². The normalized spacial score (nSPS) is 18.0. The van der Waals surface area contributed by atoms with Crippen LogP contribution in [0, 0.1) is 18.8 Å². The number of ether oxygens (including phenoxy) is 2. The lowest BCUT2D eigenvalue weighted by molar-refractivity contribution is 0.0665. The molecule has 0 bridgehead atoms. The predicted molar refractivity (Wildman–Crippen MR) is 132 cm³/mol. The number of hydrogen-bond acceptors (Lipinski definition) is 4. The van der Waals surface area contributed by atoms with Crippen molar-refractivity contribution in [3.8, 4) is 5.75 Å². The maximum absolute atomic E-state index is 12.8. The first-order valence-corrected chi connectivity index (χ1v) is 12.3. The molecule has 3 aliphatic rings. The van der Waals surface area contributed by atoms with E-state index in [0.29, 0.717) is 11.5 Å². The molecule has 1 amide bonds. The first kappa shape index (κ1) is 22.2.